The number of nitriles is 1. The van der Waals surface area contributed by atoms with Gasteiger partial charge in [-0.2, -0.15) is 9.57 Å². The van der Waals surface area contributed by atoms with Gasteiger partial charge in [0.05, 0.1) is 24.0 Å². The molecule has 0 radical (unpaired) electrons. The highest BCUT2D eigenvalue weighted by Gasteiger charge is 2.21. The van der Waals surface area contributed by atoms with E-state index in [-0.39, 0.29) is 18.9 Å². The zero-order valence-electron chi connectivity index (χ0n) is 10.9. The standard InChI is InChI=1S/C13H18N2O3S/c1-2-7-15(8-9-16)19(17,18)11-13-5-3-12(10-14)4-6-13/h3-6,16H,2,7-9,11H2,1H3. The van der Waals surface area contributed by atoms with Crippen LogP contribution in [0.2, 0.25) is 0 Å². The average Bonchev–Trinajstić information content (AvgIpc) is 2.39. The van der Waals surface area contributed by atoms with E-state index in [1.165, 1.54) is 4.31 Å². The summed E-state index contributed by atoms with van der Waals surface area (Å²) < 4.78 is 25.7. The number of aliphatic hydroxyl groups is 1. The van der Waals surface area contributed by atoms with E-state index in [4.69, 9.17) is 10.4 Å². The van der Waals surface area contributed by atoms with Crippen molar-refractivity contribution in [2.75, 3.05) is 19.7 Å². The molecule has 0 bridgehead atoms. The van der Waals surface area contributed by atoms with Crippen LogP contribution in [0.1, 0.15) is 24.5 Å². The Morgan fingerprint density at radius 2 is 1.89 bits per heavy atom. The van der Waals surface area contributed by atoms with Crippen LogP contribution >= 0.6 is 0 Å². The van der Waals surface area contributed by atoms with E-state index < -0.39 is 10.0 Å². The topological polar surface area (TPSA) is 81.4 Å². The summed E-state index contributed by atoms with van der Waals surface area (Å²) in [7, 11) is -3.43. The van der Waals surface area contributed by atoms with E-state index in [9.17, 15) is 8.42 Å². The molecule has 5 nitrogen and oxygen atoms in total. The first-order chi connectivity index (χ1) is 9.03. The van der Waals surface area contributed by atoms with Gasteiger partial charge in [-0.1, -0.05) is 19.1 Å². The molecule has 0 saturated heterocycles. The molecule has 19 heavy (non-hydrogen) atoms. The molecule has 0 amide bonds. The SMILES string of the molecule is CCCN(CCO)S(=O)(=O)Cc1ccc(C#N)cc1. The molecule has 0 spiro atoms. The maximum absolute atomic E-state index is 12.2. The molecule has 1 rings (SSSR count). The lowest BCUT2D eigenvalue weighted by atomic mass is 10.2. The Balaban J connectivity index is 2.84. The van der Waals surface area contributed by atoms with Crippen molar-refractivity contribution in [2.45, 2.75) is 19.1 Å². The molecular formula is C13H18N2O3S. The molecule has 1 aromatic rings. The third-order valence-electron chi connectivity index (χ3n) is 2.65. The van der Waals surface area contributed by atoms with Crippen molar-refractivity contribution in [1.82, 2.24) is 4.31 Å². The van der Waals surface area contributed by atoms with Gasteiger partial charge < -0.3 is 5.11 Å². The lowest BCUT2D eigenvalue weighted by Crippen LogP contribution is -2.35. The molecule has 6 heteroatoms. The molecule has 1 N–H and O–H groups in total. The number of rotatable bonds is 7. The highest BCUT2D eigenvalue weighted by molar-refractivity contribution is 7.88. The summed E-state index contributed by atoms with van der Waals surface area (Å²) in [6.07, 6.45) is 0.701. The van der Waals surface area contributed by atoms with Gasteiger partial charge in [0.1, 0.15) is 0 Å². The summed E-state index contributed by atoms with van der Waals surface area (Å²) >= 11 is 0. The Hall–Kier alpha value is -1.42. The van der Waals surface area contributed by atoms with E-state index >= 15 is 0 Å². The number of nitrogens with zero attached hydrogens (tertiary/aromatic N) is 2. The quantitative estimate of drug-likeness (QED) is 0.811. The second-order valence-corrected chi connectivity index (χ2v) is 6.16. The van der Waals surface area contributed by atoms with Crippen molar-refractivity contribution in [2.24, 2.45) is 0 Å². The Bertz CT molecular complexity index is 526. The van der Waals surface area contributed by atoms with Crippen LogP contribution in [0.25, 0.3) is 0 Å². The van der Waals surface area contributed by atoms with Crippen molar-refractivity contribution in [1.29, 1.82) is 5.26 Å². The van der Waals surface area contributed by atoms with Gasteiger partial charge in [-0.05, 0) is 24.1 Å². The Kier molecular flexibility index (Phi) is 5.96. The van der Waals surface area contributed by atoms with Crippen molar-refractivity contribution < 1.29 is 13.5 Å². The predicted molar refractivity (Wildman–Crippen MR) is 72.7 cm³/mol. The number of hydrogen-bond acceptors (Lipinski definition) is 4. The first kappa shape index (κ1) is 15.6. The molecule has 0 fully saturated rings. The van der Waals surface area contributed by atoms with E-state index in [0.29, 0.717) is 24.1 Å². The van der Waals surface area contributed by atoms with Crippen molar-refractivity contribution in [3.63, 3.8) is 0 Å². The van der Waals surface area contributed by atoms with Gasteiger partial charge in [-0.3, -0.25) is 0 Å². The lowest BCUT2D eigenvalue weighted by Gasteiger charge is -2.20. The minimum Gasteiger partial charge on any atom is -0.395 e. The first-order valence-corrected chi connectivity index (χ1v) is 7.72. The Morgan fingerprint density at radius 1 is 1.26 bits per heavy atom. The van der Waals surface area contributed by atoms with E-state index in [0.717, 1.165) is 0 Å². The van der Waals surface area contributed by atoms with Crippen LogP contribution in [-0.2, 0) is 15.8 Å². The zero-order valence-corrected chi connectivity index (χ0v) is 11.7. The smallest absolute Gasteiger partial charge is 0.218 e. The van der Waals surface area contributed by atoms with E-state index in [1.54, 1.807) is 24.3 Å². The molecule has 1 aromatic carbocycles. The van der Waals surface area contributed by atoms with Crippen molar-refractivity contribution >= 4 is 10.0 Å². The van der Waals surface area contributed by atoms with Gasteiger partial charge in [-0.15, -0.1) is 0 Å². The molecule has 0 atom stereocenters. The van der Waals surface area contributed by atoms with Crippen molar-refractivity contribution in [3.05, 3.63) is 35.4 Å². The molecular weight excluding hydrogens is 264 g/mol. The maximum Gasteiger partial charge on any atom is 0.218 e. The fraction of sp³-hybridized carbons (Fsp3) is 0.462. The Morgan fingerprint density at radius 3 is 2.37 bits per heavy atom. The third-order valence-corrected chi connectivity index (χ3v) is 4.50. The number of hydrogen-bond donors (Lipinski definition) is 1. The fourth-order valence-electron chi connectivity index (χ4n) is 1.73. The Labute approximate surface area is 114 Å². The molecule has 104 valence electrons. The normalized spacial score (nSPS) is 11.5. The maximum atomic E-state index is 12.2. The van der Waals surface area contributed by atoms with Crippen LogP contribution in [0.5, 0.6) is 0 Å². The zero-order chi connectivity index (χ0) is 14.3. The largest absolute Gasteiger partial charge is 0.395 e. The number of aliphatic hydroxyl groups excluding tert-OH is 1. The molecule has 0 aliphatic heterocycles. The predicted octanol–water partition coefficient (Wildman–Crippen LogP) is 1.09. The van der Waals surface area contributed by atoms with Crippen LogP contribution in [0.15, 0.2) is 24.3 Å². The number of benzene rings is 1. The molecule has 0 heterocycles. The molecule has 0 aromatic heterocycles. The second-order valence-electron chi connectivity index (χ2n) is 4.19. The first-order valence-electron chi connectivity index (χ1n) is 6.11. The summed E-state index contributed by atoms with van der Waals surface area (Å²) in [5.41, 5.74) is 1.14. The summed E-state index contributed by atoms with van der Waals surface area (Å²) in [5.74, 6) is -0.112. The lowest BCUT2D eigenvalue weighted by molar-refractivity contribution is 0.253. The molecule has 0 aliphatic carbocycles. The summed E-state index contributed by atoms with van der Waals surface area (Å²) in [6, 6.07) is 8.46. The average molecular weight is 282 g/mol. The summed E-state index contributed by atoms with van der Waals surface area (Å²) in [4.78, 5) is 0. The molecule has 0 aliphatic rings. The third kappa shape index (κ3) is 4.63. The van der Waals surface area contributed by atoms with Gasteiger partial charge in [0, 0.05) is 13.1 Å². The molecule has 0 unspecified atom stereocenters. The van der Waals surface area contributed by atoms with Crippen LogP contribution in [0.4, 0.5) is 0 Å². The minimum absolute atomic E-state index is 0.112. The van der Waals surface area contributed by atoms with Gasteiger partial charge in [0.25, 0.3) is 0 Å². The van der Waals surface area contributed by atoms with Crippen LogP contribution < -0.4 is 0 Å². The van der Waals surface area contributed by atoms with Gasteiger partial charge in [0.15, 0.2) is 0 Å². The van der Waals surface area contributed by atoms with Crippen LogP contribution in [-0.4, -0.2) is 37.5 Å². The van der Waals surface area contributed by atoms with Gasteiger partial charge in [0.2, 0.25) is 10.0 Å². The second kappa shape index (κ2) is 7.24. The van der Waals surface area contributed by atoms with Crippen molar-refractivity contribution in [3.8, 4) is 6.07 Å². The highest BCUT2D eigenvalue weighted by atomic mass is 32.2. The minimum atomic E-state index is -3.43. The van der Waals surface area contributed by atoms with Crippen LogP contribution in [0.3, 0.4) is 0 Å². The highest BCUT2D eigenvalue weighted by Crippen LogP contribution is 2.12. The summed E-state index contributed by atoms with van der Waals surface area (Å²) in [6.45, 7) is 2.22. The fourth-order valence-corrected chi connectivity index (χ4v) is 3.35. The monoisotopic (exact) mass is 282 g/mol. The summed E-state index contributed by atoms with van der Waals surface area (Å²) in [5, 5.41) is 17.6. The number of sulfonamides is 1. The molecule has 0 saturated carbocycles. The van der Waals surface area contributed by atoms with Gasteiger partial charge >= 0.3 is 0 Å². The van der Waals surface area contributed by atoms with E-state index in [2.05, 4.69) is 0 Å². The van der Waals surface area contributed by atoms with E-state index in [1.807, 2.05) is 13.0 Å². The van der Waals surface area contributed by atoms with Gasteiger partial charge in [-0.25, -0.2) is 8.42 Å². The van der Waals surface area contributed by atoms with Crippen LogP contribution in [0, 0.1) is 11.3 Å².